The first-order chi connectivity index (χ1) is 8.81. The van der Waals surface area contributed by atoms with Gasteiger partial charge in [-0.1, -0.05) is 29.8 Å². The van der Waals surface area contributed by atoms with Crippen LogP contribution in [0.3, 0.4) is 0 Å². The molecular weight excluding hydrogens is 244 g/mol. The summed E-state index contributed by atoms with van der Waals surface area (Å²) >= 11 is 5.97. The molecular formula is C15H21ClN2. The lowest BCUT2D eigenvalue weighted by Gasteiger charge is -2.35. The Hall–Kier alpha value is -0.830. The maximum atomic E-state index is 5.97. The van der Waals surface area contributed by atoms with Crippen LogP contribution in [0.25, 0.3) is 0 Å². The van der Waals surface area contributed by atoms with Gasteiger partial charge < -0.3 is 5.32 Å². The number of benzene rings is 1. The zero-order valence-corrected chi connectivity index (χ0v) is 11.5. The second kappa shape index (κ2) is 6.93. The number of nitrogens with one attached hydrogen (secondary N) is 1. The fourth-order valence-corrected chi connectivity index (χ4v) is 2.64. The van der Waals surface area contributed by atoms with Gasteiger partial charge in [0, 0.05) is 37.2 Å². The lowest BCUT2D eigenvalue weighted by atomic mass is 9.99. The van der Waals surface area contributed by atoms with Gasteiger partial charge in [-0.2, -0.15) is 0 Å². The average Bonchev–Trinajstić information content (AvgIpc) is 2.42. The molecule has 2 rings (SSSR count). The molecule has 0 bridgehead atoms. The van der Waals surface area contributed by atoms with E-state index < -0.39 is 0 Å². The molecule has 0 spiro atoms. The predicted molar refractivity (Wildman–Crippen MR) is 78.1 cm³/mol. The van der Waals surface area contributed by atoms with Crippen molar-refractivity contribution in [2.45, 2.75) is 18.9 Å². The van der Waals surface area contributed by atoms with Crippen LogP contribution in [0.15, 0.2) is 36.9 Å². The molecule has 0 radical (unpaired) electrons. The normalized spacial score (nSPS) is 18.5. The molecule has 1 aromatic carbocycles. The number of hydrogen-bond donors (Lipinski definition) is 1. The van der Waals surface area contributed by atoms with Crippen LogP contribution in [0, 0.1) is 0 Å². The summed E-state index contributed by atoms with van der Waals surface area (Å²) in [5, 5.41) is 4.21. The zero-order chi connectivity index (χ0) is 12.8. The Morgan fingerprint density at radius 3 is 2.56 bits per heavy atom. The van der Waals surface area contributed by atoms with E-state index in [9.17, 15) is 0 Å². The highest BCUT2D eigenvalue weighted by atomic mass is 35.5. The first-order valence-electron chi connectivity index (χ1n) is 6.62. The average molecular weight is 265 g/mol. The van der Waals surface area contributed by atoms with Gasteiger partial charge in [-0.25, -0.2) is 0 Å². The quantitative estimate of drug-likeness (QED) is 0.822. The third kappa shape index (κ3) is 3.58. The monoisotopic (exact) mass is 264 g/mol. The minimum absolute atomic E-state index is 0.488. The maximum absolute atomic E-state index is 5.97. The first kappa shape index (κ1) is 13.6. The Bertz CT molecular complexity index is 369. The third-order valence-corrected chi connectivity index (χ3v) is 3.74. The van der Waals surface area contributed by atoms with E-state index in [0.29, 0.717) is 6.04 Å². The molecule has 0 aliphatic carbocycles. The summed E-state index contributed by atoms with van der Waals surface area (Å²) in [6.07, 6.45) is 4.19. The maximum Gasteiger partial charge on any atom is 0.0406 e. The molecule has 3 heteroatoms. The van der Waals surface area contributed by atoms with Crippen molar-refractivity contribution >= 4 is 11.6 Å². The highest BCUT2D eigenvalue weighted by Crippen LogP contribution is 2.27. The fraction of sp³-hybridized carbons (Fsp3) is 0.467. The van der Waals surface area contributed by atoms with E-state index in [2.05, 4.69) is 28.9 Å². The molecule has 1 fully saturated rings. The predicted octanol–water partition coefficient (Wildman–Crippen LogP) is 3.25. The van der Waals surface area contributed by atoms with Crippen molar-refractivity contribution < 1.29 is 0 Å². The molecule has 2 nitrogen and oxygen atoms in total. The summed E-state index contributed by atoms with van der Waals surface area (Å²) < 4.78 is 0. The van der Waals surface area contributed by atoms with Crippen molar-refractivity contribution in [2.75, 3.05) is 26.2 Å². The van der Waals surface area contributed by atoms with Crippen LogP contribution < -0.4 is 5.32 Å². The summed E-state index contributed by atoms with van der Waals surface area (Å²) in [6, 6.07) is 8.76. The van der Waals surface area contributed by atoms with Crippen molar-refractivity contribution in [3.05, 3.63) is 47.5 Å². The van der Waals surface area contributed by atoms with E-state index >= 15 is 0 Å². The molecule has 1 atom stereocenters. The second-order valence-electron chi connectivity index (χ2n) is 4.72. The fourth-order valence-electron chi connectivity index (χ4n) is 2.51. The summed E-state index contributed by atoms with van der Waals surface area (Å²) in [5.41, 5.74) is 1.36. The van der Waals surface area contributed by atoms with E-state index in [4.69, 9.17) is 11.6 Å². The number of allylic oxidation sites excluding steroid dienone is 1. The van der Waals surface area contributed by atoms with E-state index in [1.165, 1.54) is 5.56 Å². The number of hydrogen-bond acceptors (Lipinski definition) is 2. The molecule has 0 saturated carbocycles. The molecule has 0 amide bonds. The Balaban J connectivity index is 2.12. The van der Waals surface area contributed by atoms with Crippen molar-refractivity contribution in [3.8, 4) is 0 Å². The summed E-state index contributed by atoms with van der Waals surface area (Å²) in [4.78, 5) is 2.56. The minimum Gasteiger partial charge on any atom is -0.314 e. The van der Waals surface area contributed by atoms with E-state index in [-0.39, 0.29) is 0 Å². The van der Waals surface area contributed by atoms with Crippen molar-refractivity contribution in [1.29, 1.82) is 0 Å². The van der Waals surface area contributed by atoms with Gasteiger partial charge in [-0.3, -0.25) is 4.90 Å². The summed E-state index contributed by atoms with van der Waals surface area (Å²) in [6.45, 7) is 8.23. The molecule has 0 unspecified atom stereocenters. The van der Waals surface area contributed by atoms with E-state index in [1.54, 1.807) is 0 Å². The summed E-state index contributed by atoms with van der Waals surface area (Å²) in [7, 11) is 0. The van der Waals surface area contributed by atoms with Gasteiger partial charge in [-0.05, 0) is 30.5 Å². The SMILES string of the molecule is C=CCC[C@H](c1ccc(Cl)cc1)N1CCNCC1. The smallest absolute Gasteiger partial charge is 0.0406 e. The first-order valence-corrected chi connectivity index (χ1v) is 7.00. The number of rotatable bonds is 5. The van der Waals surface area contributed by atoms with E-state index in [1.807, 2.05) is 18.2 Å². The lowest BCUT2D eigenvalue weighted by Crippen LogP contribution is -2.45. The largest absolute Gasteiger partial charge is 0.314 e. The third-order valence-electron chi connectivity index (χ3n) is 3.49. The van der Waals surface area contributed by atoms with Crippen molar-refractivity contribution in [1.82, 2.24) is 10.2 Å². The summed E-state index contributed by atoms with van der Waals surface area (Å²) in [5.74, 6) is 0. The Kier molecular flexibility index (Phi) is 5.24. The van der Waals surface area contributed by atoms with Gasteiger partial charge in [0.2, 0.25) is 0 Å². The molecule has 18 heavy (non-hydrogen) atoms. The molecule has 1 heterocycles. The van der Waals surface area contributed by atoms with Crippen LogP contribution in [-0.4, -0.2) is 31.1 Å². The highest BCUT2D eigenvalue weighted by molar-refractivity contribution is 6.30. The molecule has 98 valence electrons. The Labute approximate surface area is 115 Å². The van der Waals surface area contributed by atoms with Crippen LogP contribution in [0.4, 0.5) is 0 Å². The van der Waals surface area contributed by atoms with Crippen LogP contribution in [0.2, 0.25) is 5.02 Å². The molecule has 1 aliphatic heterocycles. The van der Waals surface area contributed by atoms with Crippen LogP contribution >= 0.6 is 11.6 Å². The van der Waals surface area contributed by atoms with Crippen LogP contribution in [0.1, 0.15) is 24.4 Å². The molecule has 1 aliphatic rings. The van der Waals surface area contributed by atoms with Gasteiger partial charge in [0.05, 0.1) is 0 Å². The number of nitrogens with zero attached hydrogens (tertiary/aromatic N) is 1. The Morgan fingerprint density at radius 1 is 1.28 bits per heavy atom. The Morgan fingerprint density at radius 2 is 1.94 bits per heavy atom. The second-order valence-corrected chi connectivity index (χ2v) is 5.16. The van der Waals surface area contributed by atoms with Crippen LogP contribution in [0.5, 0.6) is 0 Å². The molecule has 1 aromatic rings. The standard InChI is InChI=1S/C15H21ClN2/c1-2-3-4-15(18-11-9-17-10-12-18)13-5-7-14(16)8-6-13/h2,5-8,15,17H,1,3-4,9-12H2/t15-/m1/s1. The molecule has 1 N–H and O–H groups in total. The van der Waals surface area contributed by atoms with Crippen molar-refractivity contribution in [3.63, 3.8) is 0 Å². The minimum atomic E-state index is 0.488. The highest BCUT2D eigenvalue weighted by Gasteiger charge is 2.21. The number of piperazine rings is 1. The molecule has 1 saturated heterocycles. The molecule has 0 aromatic heterocycles. The van der Waals surface area contributed by atoms with E-state index in [0.717, 1.165) is 44.0 Å². The zero-order valence-electron chi connectivity index (χ0n) is 10.7. The van der Waals surface area contributed by atoms with Crippen molar-refractivity contribution in [2.24, 2.45) is 0 Å². The topological polar surface area (TPSA) is 15.3 Å². The van der Waals surface area contributed by atoms with Gasteiger partial charge in [0.1, 0.15) is 0 Å². The van der Waals surface area contributed by atoms with Gasteiger partial charge in [0.25, 0.3) is 0 Å². The van der Waals surface area contributed by atoms with Crippen LogP contribution in [-0.2, 0) is 0 Å². The van der Waals surface area contributed by atoms with Gasteiger partial charge >= 0.3 is 0 Å². The lowest BCUT2D eigenvalue weighted by molar-refractivity contribution is 0.166. The van der Waals surface area contributed by atoms with Gasteiger partial charge in [0.15, 0.2) is 0 Å². The number of halogens is 1. The van der Waals surface area contributed by atoms with Gasteiger partial charge in [-0.15, -0.1) is 6.58 Å².